The van der Waals surface area contributed by atoms with Crippen LogP contribution in [0.5, 0.6) is 0 Å². The van der Waals surface area contributed by atoms with Crippen LogP contribution in [0.25, 0.3) is 5.69 Å². The Bertz CT molecular complexity index is 749. The molecule has 1 heterocycles. The Kier molecular flexibility index (Phi) is 6.85. The van der Waals surface area contributed by atoms with Gasteiger partial charge < -0.3 is 9.64 Å². The maximum Gasteiger partial charge on any atom is 0.357 e. The predicted octanol–water partition coefficient (Wildman–Crippen LogP) is 3.40. The van der Waals surface area contributed by atoms with Crippen LogP contribution in [0.1, 0.15) is 38.2 Å². The molecule has 26 heavy (non-hydrogen) atoms. The van der Waals surface area contributed by atoms with Gasteiger partial charge in [0.25, 0.3) is 5.91 Å². The fourth-order valence-electron chi connectivity index (χ4n) is 2.90. The van der Waals surface area contributed by atoms with E-state index < -0.39 is 5.97 Å². The topological polar surface area (TPSA) is 64.4 Å². The standard InChI is InChI=1S/C19H25N3O3S/c1-13(2)21(14(3)4)17(23)12-25-18(24)16-11-20-19(26-5)22(16)15-9-7-6-8-10-15/h6-11,13-14H,12H2,1-5H3. The van der Waals surface area contributed by atoms with Crippen LogP contribution in [0, 0.1) is 0 Å². The molecular formula is C19H25N3O3S. The van der Waals surface area contributed by atoms with Crippen LogP contribution in [0.15, 0.2) is 41.7 Å². The van der Waals surface area contributed by atoms with Crippen molar-refractivity contribution in [1.82, 2.24) is 14.5 Å². The van der Waals surface area contributed by atoms with Gasteiger partial charge in [0, 0.05) is 17.8 Å². The quantitative estimate of drug-likeness (QED) is 0.548. The van der Waals surface area contributed by atoms with Gasteiger partial charge in [-0.05, 0) is 46.1 Å². The highest BCUT2D eigenvalue weighted by Gasteiger charge is 2.24. The second kappa shape index (κ2) is 8.89. The van der Waals surface area contributed by atoms with Crippen molar-refractivity contribution in [3.05, 3.63) is 42.2 Å². The molecule has 0 aliphatic carbocycles. The SMILES string of the molecule is CSc1ncc(C(=O)OCC(=O)N(C(C)C)C(C)C)n1-c1ccccc1. The molecule has 2 aromatic rings. The van der Waals surface area contributed by atoms with E-state index in [0.717, 1.165) is 5.69 Å². The van der Waals surface area contributed by atoms with Gasteiger partial charge in [-0.3, -0.25) is 9.36 Å². The summed E-state index contributed by atoms with van der Waals surface area (Å²) in [5.41, 5.74) is 1.12. The molecule has 1 aromatic carbocycles. The van der Waals surface area contributed by atoms with Crippen LogP contribution >= 0.6 is 11.8 Å². The Balaban J connectivity index is 2.18. The molecule has 0 N–H and O–H groups in total. The summed E-state index contributed by atoms with van der Waals surface area (Å²) in [4.78, 5) is 31.0. The van der Waals surface area contributed by atoms with Gasteiger partial charge in [-0.15, -0.1) is 0 Å². The molecule has 0 fully saturated rings. The number of benzene rings is 1. The number of para-hydroxylation sites is 1. The molecule has 7 heteroatoms. The zero-order valence-electron chi connectivity index (χ0n) is 15.8. The van der Waals surface area contributed by atoms with Crippen molar-refractivity contribution in [2.24, 2.45) is 0 Å². The molecule has 0 radical (unpaired) electrons. The van der Waals surface area contributed by atoms with Crippen LogP contribution in [0.4, 0.5) is 0 Å². The van der Waals surface area contributed by atoms with Crippen molar-refractivity contribution in [2.75, 3.05) is 12.9 Å². The fraction of sp³-hybridized carbons (Fsp3) is 0.421. The van der Waals surface area contributed by atoms with Gasteiger partial charge in [-0.1, -0.05) is 30.0 Å². The van der Waals surface area contributed by atoms with E-state index in [4.69, 9.17) is 4.74 Å². The summed E-state index contributed by atoms with van der Waals surface area (Å²) in [7, 11) is 0. The molecule has 0 spiro atoms. The summed E-state index contributed by atoms with van der Waals surface area (Å²) in [6, 6.07) is 9.55. The number of ether oxygens (including phenoxy) is 1. The molecule has 0 bridgehead atoms. The first-order valence-corrected chi connectivity index (χ1v) is 9.74. The highest BCUT2D eigenvalue weighted by molar-refractivity contribution is 7.98. The van der Waals surface area contributed by atoms with Crippen LogP contribution in [-0.2, 0) is 9.53 Å². The Morgan fingerprint density at radius 2 is 1.77 bits per heavy atom. The van der Waals surface area contributed by atoms with E-state index >= 15 is 0 Å². The minimum Gasteiger partial charge on any atom is -0.451 e. The zero-order valence-corrected chi connectivity index (χ0v) is 16.6. The molecule has 1 amide bonds. The highest BCUT2D eigenvalue weighted by atomic mass is 32.2. The van der Waals surface area contributed by atoms with E-state index in [1.165, 1.54) is 18.0 Å². The van der Waals surface area contributed by atoms with E-state index in [9.17, 15) is 9.59 Å². The Morgan fingerprint density at radius 1 is 1.15 bits per heavy atom. The summed E-state index contributed by atoms with van der Waals surface area (Å²) in [5.74, 6) is -0.776. The lowest BCUT2D eigenvalue weighted by Crippen LogP contribution is -2.44. The molecule has 0 unspecified atom stereocenters. The number of hydrogen-bond acceptors (Lipinski definition) is 5. The number of carbonyl (C=O) groups is 2. The molecule has 6 nitrogen and oxygen atoms in total. The first-order chi connectivity index (χ1) is 12.4. The van der Waals surface area contributed by atoms with E-state index in [2.05, 4.69) is 4.98 Å². The number of hydrogen-bond donors (Lipinski definition) is 0. The van der Waals surface area contributed by atoms with Gasteiger partial charge in [0.2, 0.25) is 0 Å². The molecule has 0 saturated carbocycles. The number of rotatable bonds is 7. The summed E-state index contributed by atoms with van der Waals surface area (Å²) in [6.07, 6.45) is 3.37. The van der Waals surface area contributed by atoms with Crippen LogP contribution in [0.2, 0.25) is 0 Å². The van der Waals surface area contributed by atoms with Crippen molar-refractivity contribution in [1.29, 1.82) is 0 Å². The number of thioether (sulfide) groups is 1. The Labute approximate surface area is 158 Å². The minimum absolute atomic E-state index is 0.0409. The molecular weight excluding hydrogens is 350 g/mol. The third-order valence-electron chi connectivity index (χ3n) is 3.86. The first-order valence-electron chi connectivity index (χ1n) is 8.52. The lowest BCUT2D eigenvalue weighted by Gasteiger charge is -2.30. The van der Waals surface area contributed by atoms with Gasteiger partial charge in [0.1, 0.15) is 0 Å². The maximum atomic E-state index is 12.6. The predicted molar refractivity (Wildman–Crippen MR) is 103 cm³/mol. The second-order valence-electron chi connectivity index (χ2n) is 6.37. The summed E-state index contributed by atoms with van der Waals surface area (Å²) in [6.45, 7) is 7.47. The number of carbonyl (C=O) groups excluding carboxylic acids is 2. The molecule has 0 saturated heterocycles. The second-order valence-corrected chi connectivity index (χ2v) is 7.14. The van der Waals surface area contributed by atoms with Crippen molar-refractivity contribution in [2.45, 2.75) is 44.9 Å². The van der Waals surface area contributed by atoms with Crippen LogP contribution < -0.4 is 0 Å². The Hall–Kier alpha value is -2.28. The highest BCUT2D eigenvalue weighted by Crippen LogP contribution is 2.22. The summed E-state index contributed by atoms with van der Waals surface area (Å²) < 4.78 is 7.03. The smallest absolute Gasteiger partial charge is 0.357 e. The Morgan fingerprint density at radius 3 is 2.31 bits per heavy atom. The van der Waals surface area contributed by atoms with E-state index in [0.29, 0.717) is 10.9 Å². The normalized spacial score (nSPS) is 11.0. The summed E-state index contributed by atoms with van der Waals surface area (Å²) >= 11 is 1.43. The third-order valence-corrected chi connectivity index (χ3v) is 4.52. The van der Waals surface area contributed by atoms with Gasteiger partial charge in [-0.25, -0.2) is 9.78 Å². The van der Waals surface area contributed by atoms with E-state index in [1.54, 1.807) is 9.47 Å². The largest absolute Gasteiger partial charge is 0.451 e. The van der Waals surface area contributed by atoms with Crippen molar-refractivity contribution < 1.29 is 14.3 Å². The van der Waals surface area contributed by atoms with Crippen LogP contribution in [0.3, 0.4) is 0 Å². The number of nitrogens with zero attached hydrogens (tertiary/aromatic N) is 3. The number of amides is 1. The fourth-order valence-corrected chi connectivity index (χ4v) is 3.44. The number of aromatic nitrogens is 2. The van der Waals surface area contributed by atoms with E-state index in [-0.39, 0.29) is 24.6 Å². The molecule has 0 aliphatic heterocycles. The number of esters is 1. The van der Waals surface area contributed by atoms with Crippen LogP contribution in [-0.4, -0.2) is 51.3 Å². The van der Waals surface area contributed by atoms with Gasteiger partial charge in [-0.2, -0.15) is 0 Å². The lowest BCUT2D eigenvalue weighted by atomic mass is 10.2. The van der Waals surface area contributed by atoms with E-state index in [1.807, 2.05) is 64.3 Å². The molecule has 1 aromatic heterocycles. The maximum absolute atomic E-state index is 12.6. The minimum atomic E-state index is -0.567. The first kappa shape index (κ1) is 20.0. The van der Waals surface area contributed by atoms with Gasteiger partial charge >= 0.3 is 5.97 Å². The average molecular weight is 375 g/mol. The van der Waals surface area contributed by atoms with Gasteiger partial charge in [0.15, 0.2) is 17.5 Å². The third kappa shape index (κ3) is 4.46. The van der Waals surface area contributed by atoms with Crippen molar-refractivity contribution in [3.8, 4) is 5.69 Å². The number of imidazole rings is 1. The summed E-state index contributed by atoms with van der Waals surface area (Å²) in [5, 5.41) is 0.681. The lowest BCUT2D eigenvalue weighted by molar-refractivity contribution is -0.138. The average Bonchev–Trinajstić information content (AvgIpc) is 3.04. The van der Waals surface area contributed by atoms with Crippen molar-refractivity contribution in [3.63, 3.8) is 0 Å². The van der Waals surface area contributed by atoms with Crippen molar-refractivity contribution >= 4 is 23.6 Å². The molecule has 2 rings (SSSR count). The molecule has 0 aliphatic rings. The zero-order chi connectivity index (χ0) is 19.3. The monoisotopic (exact) mass is 375 g/mol. The van der Waals surface area contributed by atoms with Gasteiger partial charge in [0.05, 0.1) is 6.20 Å². The molecule has 0 atom stereocenters. The molecule has 140 valence electrons.